The maximum Gasteiger partial charge on any atom is 0.240 e. The summed E-state index contributed by atoms with van der Waals surface area (Å²) in [6.07, 6.45) is 1.40. The van der Waals surface area contributed by atoms with E-state index in [4.69, 9.17) is 0 Å². The number of hydrogen-bond donors (Lipinski definition) is 2. The van der Waals surface area contributed by atoms with Crippen LogP contribution in [-0.4, -0.2) is 44.8 Å². The van der Waals surface area contributed by atoms with E-state index in [-0.39, 0.29) is 28.9 Å². The van der Waals surface area contributed by atoms with Crippen molar-refractivity contribution in [1.29, 1.82) is 0 Å². The van der Waals surface area contributed by atoms with Crippen LogP contribution >= 0.6 is 0 Å². The zero-order valence-electron chi connectivity index (χ0n) is 17.3. The standard InChI is InChI=1S/C22H26FN3O4S/c1-2-12-24-31(29,30)20-9-7-19(8-10-20)25-22(28)17-14-21(27)26(15-17)13-11-16-3-5-18(23)6-4-16/h3-10,17,24H,2,11-15H2,1H3,(H,25,28). The quantitative estimate of drug-likeness (QED) is 0.618. The first-order valence-corrected chi connectivity index (χ1v) is 11.7. The first-order valence-electron chi connectivity index (χ1n) is 10.2. The average molecular weight is 448 g/mol. The van der Waals surface area contributed by atoms with Crippen molar-refractivity contribution in [1.82, 2.24) is 9.62 Å². The Balaban J connectivity index is 1.53. The molecule has 2 N–H and O–H groups in total. The lowest BCUT2D eigenvalue weighted by Crippen LogP contribution is -2.30. The van der Waals surface area contributed by atoms with E-state index in [2.05, 4.69) is 10.0 Å². The number of amides is 2. The molecule has 0 bridgehead atoms. The summed E-state index contributed by atoms with van der Waals surface area (Å²) in [6.45, 7) is 3.01. The van der Waals surface area contributed by atoms with Gasteiger partial charge in [-0.3, -0.25) is 9.59 Å². The zero-order chi connectivity index (χ0) is 22.4. The molecule has 0 aromatic heterocycles. The monoisotopic (exact) mass is 447 g/mol. The molecule has 1 heterocycles. The van der Waals surface area contributed by atoms with Gasteiger partial charge in [0, 0.05) is 31.7 Å². The molecule has 2 aromatic carbocycles. The van der Waals surface area contributed by atoms with Crippen molar-refractivity contribution >= 4 is 27.5 Å². The molecule has 1 unspecified atom stereocenters. The minimum atomic E-state index is -3.56. The van der Waals surface area contributed by atoms with Crippen molar-refractivity contribution in [3.05, 3.63) is 59.9 Å². The van der Waals surface area contributed by atoms with Gasteiger partial charge >= 0.3 is 0 Å². The summed E-state index contributed by atoms with van der Waals surface area (Å²) in [4.78, 5) is 26.6. The Morgan fingerprint density at radius 3 is 2.45 bits per heavy atom. The Morgan fingerprint density at radius 1 is 1.13 bits per heavy atom. The molecule has 0 aliphatic carbocycles. The number of halogens is 1. The second-order valence-electron chi connectivity index (χ2n) is 7.53. The number of sulfonamides is 1. The molecule has 1 aliphatic rings. The number of benzene rings is 2. The Kier molecular flexibility index (Phi) is 7.40. The highest BCUT2D eigenvalue weighted by Crippen LogP contribution is 2.21. The molecule has 2 aromatic rings. The molecule has 1 saturated heterocycles. The van der Waals surface area contributed by atoms with Gasteiger partial charge in [-0.15, -0.1) is 0 Å². The first kappa shape index (κ1) is 22.9. The second-order valence-corrected chi connectivity index (χ2v) is 9.30. The van der Waals surface area contributed by atoms with Crippen LogP contribution in [0.1, 0.15) is 25.3 Å². The predicted molar refractivity (Wildman–Crippen MR) is 115 cm³/mol. The third-order valence-corrected chi connectivity index (χ3v) is 6.62. The third kappa shape index (κ3) is 6.11. The number of carbonyl (C=O) groups excluding carboxylic acids is 2. The van der Waals surface area contributed by atoms with E-state index in [0.717, 1.165) is 5.56 Å². The minimum absolute atomic E-state index is 0.0919. The van der Waals surface area contributed by atoms with E-state index >= 15 is 0 Å². The van der Waals surface area contributed by atoms with Gasteiger partial charge < -0.3 is 10.2 Å². The minimum Gasteiger partial charge on any atom is -0.342 e. The number of likely N-dealkylation sites (tertiary alicyclic amines) is 1. The molecule has 2 amide bonds. The van der Waals surface area contributed by atoms with Gasteiger partial charge in [-0.05, 0) is 54.8 Å². The molecular formula is C22H26FN3O4S. The van der Waals surface area contributed by atoms with E-state index in [0.29, 0.717) is 38.2 Å². The van der Waals surface area contributed by atoms with Crippen LogP contribution in [0.15, 0.2) is 53.4 Å². The fraction of sp³-hybridized carbons (Fsp3) is 0.364. The Morgan fingerprint density at radius 2 is 1.81 bits per heavy atom. The van der Waals surface area contributed by atoms with Crippen molar-refractivity contribution < 1.29 is 22.4 Å². The van der Waals surface area contributed by atoms with Gasteiger partial charge in [0.25, 0.3) is 0 Å². The fourth-order valence-corrected chi connectivity index (χ4v) is 4.49. The van der Waals surface area contributed by atoms with Crippen molar-refractivity contribution in [2.45, 2.75) is 31.1 Å². The van der Waals surface area contributed by atoms with E-state index in [1.807, 2.05) is 6.92 Å². The lowest BCUT2D eigenvalue weighted by Gasteiger charge is -2.16. The summed E-state index contributed by atoms with van der Waals surface area (Å²) in [5, 5.41) is 2.75. The summed E-state index contributed by atoms with van der Waals surface area (Å²) >= 11 is 0. The van der Waals surface area contributed by atoms with Gasteiger partial charge in [-0.2, -0.15) is 0 Å². The predicted octanol–water partition coefficient (Wildman–Crippen LogP) is 2.54. The maximum atomic E-state index is 13.0. The number of nitrogens with one attached hydrogen (secondary N) is 2. The van der Waals surface area contributed by atoms with Crippen LogP contribution < -0.4 is 10.0 Å². The topological polar surface area (TPSA) is 95.6 Å². The van der Waals surface area contributed by atoms with Crippen molar-refractivity contribution in [2.24, 2.45) is 5.92 Å². The Bertz CT molecular complexity index is 1020. The summed E-state index contributed by atoms with van der Waals surface area (Å²) in [6, 6.07) is 12.1. The molecule has 1 aliphatic heterocycles. The molecule has 166 valence electrons. The van der Waals surface area contributed by atoms with E-state index in [1.165, 1.54) is 36.4 Å². The first-order chi connectivity index (χ1) is 14.8. The molecular weight excluding hydrogens is 421 g/mol. The number of carbonyl (C=O) groups is 2. The number of rotatable bonds is 9. The van der Waals surface area contributed by atoms with Crippen LogP contribution in [0.5, 0.6) is 0 Å². The lowest BCUT2D eigenvalue weighted by molar-refractivity contribution is -0.128. The van der Waals surface area contributed by atoms with Gasteiger partial charge in [0.05, 0.1) is 10.8 Å². The summed E-state index contributed by atoms with van der Waals surface area (Å²) in [7, 11) is -3.56. The van der Waals surface area contributed by atoms with Crippen molar-refractivity contribution in [3.8, 4) is 0 Å². The highest BCUT2D eigenvalue weighted by molar-refractivity contribution is 7.89. The Labute approximate surface area is 181 Å². The highest BCUT2D eigenvalue weighted by Gasteiger charge is 2.34. The largest absolute Gasteiger partial charge is 0.342 e. The summed E-state index contributed by atoms with van der Waals surface area (Å²) in [5.74, 6) is -1.15. The van der Waals surface area contributed by atoms with Crippen LogP contribution in [0.3, 0.4) is 0 Å². The van der Waals surface area contributed by atoms with Gasteiger partial charge in [-0.1, -0.05) is 19.1 Å². The highest BCUT2D eigenvalue weighted by atomic mass is 32.2. The van der Waals surface area contributed by atoms with Gasteiger partial charge in [0.2, 0.25) is 21.8 Å². The average Bonchev–Trinajstić information content (AvgIpc) is 3.13. The van der Waals surface area contributed by atoms with Gasteiger partial charge in [0.15, 0.2) is 0 Å². The van der Waals surface area contributed by atoms with Gasteiger partial charge in [-0.25, -0.2) is 17.5 Å². The van der Waals surface area contributed by atoms with Crippen LogP contribution in [0.4, 0.5) is 10.1 Å². The number of nitrogens with zero attached hydrogens (tertiary/aromatic N) is 1. The van der Waals surface area contributed by atoms with E-state index in [1.54, 1.807) is 17.0 Å². The summed E-state index contributed by atoms with van der Waals surface area (Å²) in [5.41, 5.74) is 1.39. The molecule has 31 heavy (non-hydrogen) atoms. The third-order valence-electron chi connectivity index (χ3n) is 5.14. The van der Waals surface area contributed by atoms with Crippen molar-refractivity contribution in [2.75, 3.05) is 25.0 Å². The number of anilines is 1. The van der Waals surface area contributed by atoms with Gasteiger partial charge in [0.1, 0.15) is 5.82 Å². The molecule has 0 radical (unpaired) electrons. The second kappa shape index (κ2) is 10.0. The van der Waals surface area contributed by atoms with E-state index < -0.39 is 15.9 Å². The van der Waals surface area contributed by atoms with Crippen molar-refractivity contribution in [3.63, 3.8) is 0 Å². The van der Waals surface area contributed by atoms with Crippen LogP contribution in [0, 0.1) is 11.7 Å². The lowest BCUT2D eigenvalue weighted by atomic mass is 10.1. The smallest absolute Gasteiger partial charge is 0.240 e. The normalized spacial score (nSPS) is 16.5. The number of hydrogen-bond acceptors (Lipinski definition) is 4. The fourth-order valence-electron chi connectivity index (χ4n) is 3.36. The molecule has 1 atom stereocenters. The van der Waals surface area contributed by atoms with Crippen LogP contribution in [0.2, 0.25) is 0 Å². The zero-order valence-corrected chi connectivity index (χ0v) is 18.1. The Hall–Kier alpha value is -2.78. The van der Waals surface area contributed by atoms with E-state index in [9.17, 15) is 22.4 Å². The molecule has 7 nitrogen and oxygen atoms in total. The SMILES string of the molecule is CCCNS(=O)(=O)c1ccc(NC(=O)C2CC(=O)N(CCc3ccc(F)cc3)C2)cc1. The molecule has 9 heteroatoms. The molecule has 1 fully saturated rings. The maximum absolute atomic E-state index is 13.0. The molecule has 0 spiro atoms. The summed E-state index contributed by atoms with van der Waals surface area (Å²) < 4.78 is 39.7. The molecule has 0 saturated carbocycles. The van der Waals surface area contributed by atoms with Crippen LogP contribution in [0.25, 0.3) is 0 Å². The van der Waals surface area contributed by atoms with Crippen LogP contribution in [-0.2, 0) is 26.0 Å². The molecule has 3 rings (SSSR count).